The normalized spacial score (nSPS) is 11.3. The van der Waals surface area contributed by atoms with Crippen LogP contribution in [0.25, 0.3) is 10.9 Å². The fourth-order valence-electron chi connectivity index (χ4n) is 2.10. The van der Waals surface area contributed by atoms with Gasteiger partial charge >= 0.3 is 0 Å². The Kier molecular flexibility index (Phi) is 3.23. The molecule has 0 bridgehead atoms. The lowest BCUT2D eigenvalue weighted by Crippen LogP contribution is -2.20. The summed E-state index contributed by atoms with van der Waals surface area (Å²) in [6, 6.07) is 13.8. The summed E-state index contributed by atoms with van der Waals surface area (Å²) in [5.41, 5.74) is 1.15. The molecular weight excluding hydrogens is 266 g/mol. The van der Waals surface area contributed by atoms with Crippen molar-refractivity contribution >= 4 is 17.1 Å². The molecule has 0 aliphatic heterocycles. The van der Waals surface area contributed by atoms with E-state index in [9.17, 15) is 9.90 Å². The van der Waals surface area contributed by atoms with Crippen molar-refractivity contribution in [1.82, 2.24) is 9.66 Å². The minimum atomic E-state index is -0.213. The van der Waals surface area contributed by atoms with E-state index in [0.29, 0.717) is 22.3 Å². The van der Waals surface area contributed by atoms with Gasteiger partial charge in [-0.2, -0.15) is 9.78 Å². The summed E-state index contributed by atoms with van der Waals surface area (Å²) in [7, 11) is 0. The molecule has 0 atom stereocenters. The van der Waals surface area contributed by atoms with Crippen LogP contribution < -0.4 is 5.56 Å². The monoisotopic (exact) mass is 279 g/mol. The summed E-state index contributed by atoms with van der Waals surface area (Å²) >= 11 is 0. The Bertz CT molecular complexity index is 897. The molecule has 3 rings (SSSR count). The van der Waals surface area contributed by atoms with E-state index in [2.05, 4.69) is 10.1 Å². The summed E-state index contributed by atoms with van der Waals surface area (Å²) in [6.45, 7) is 1.73. The zero-order valence-corrected chi connectivity index (χ0v) is 11.4. The molecule has 5 heteroatoms. The predicted molar refractivity (Wildman–Crippen MR) is 81.8 cm³/mol. The molecule has 2 aromatic carbocycles. The number of benzene rings is 2. The molecule has 21 heavy (non-hydrogen) atoms. The average Bonchev–Trinajstić information content (AvgIpc) is 2.47. The van der Waals surface area contributed by atoms with Gasteiger partial charge in [0.2, 0.25) is 0 Å². The third-order valence-corrected chi connectivity index (χ3v) is 3.11. The number of hydrogen-bond donors (Lipinski definition) is 1. The van der Waals surface area contributed by atoms with Gasteiger partial charge in [-0.1, -0.05) is 24.3 Å². The quantitative estimate of drug-likeness (QED) is 0.732. The second-order valence-corrected chi connectivity index (χ2v) is 4.63. The summed E-state index contributed by atoms with van der Waals surface area (Å²) in [5, 5.41) is 14.1. The number of phenolic OH excluding ortho intramolecular Hbond substituents is 1. The van der Waals surface area contributed by atoms with Crippen molar-refractivity contribution in [3.05, 3.63) is 70.3 Å². The van der Waals surface area contributed by atoms with Gasteiger partial charge in [-0.3, -0.25) is 4.79 Å². The van der Waals surface area contributed by atoms with Crippen LogP contribution in [0.4, 0.5) is 0 Å². The summed E-state index contributed by atoms with van der Waals surface area (Å²) in [4.78, 5) is 16.8. The van der Waals surface area contributed by atoms with Gasteiger partial charge in [0.25, 0.3) is 5.56 Å². The zero-order valence-electron chi connectivity index (χ0n) is 11.4. The molecule has 0 amide bonds. The van der Waals surface area contributed by atoms with E-state index in [4.69, 9.17) is 0 Å². The average molecular weight is 279 g/mol. The highest BCUT2D eigenvalue weighted by molar-refractivity contribution is 5.80. The summed E-state index contributed by atoms with van der Waals surface area (Å²) < 4.78 is 1.26. The number of nitrogens with zero attached hydrogens (tertiary/aromatic N) is 3. The van der Waals surface area contributed by atoms with E-state index in [1.807, 2.05) is 6.07 Å². The number of fused-ring (bicyclic) bond motifs is 1. The van der Waals surface area contributed by atoms with Crippen molar-refractivity contribution in [3.63, 3.8) is 0 Å². The standard InChI is InChI=1S/C16H13N3O2/c1-11-18-15-8-3-2-7-14(15)16(21)19(11)17-10-12-5-4-6-13(20)9-12/h2-10,20H,1H3. The van der Waals surface area contributed by atoms with Gasteiger partial charge in [0.1, 0.15) is 11.6 Å². The number of phenols is 1. The number of rotatable bonds is 2. The molecule has 0 aliphatic rings. The summed E-state index contributed by atoms with van der Waals surface area (Å²) in [6.07, 6.45) is 1.52. The highest BCUT2D eigenvalue weighted by Gasteiger charge is 2.06. The Balaban J connectivity index is 2.11. The zero-order chi connectivity index (χ0) is 14.8. The molecule has 1 N–H and O–H groups in total. The van der Waals surface area contributed by atoms with Crippen LogP contribution in [0.15, 0.2) is 58.4 Å². The van der Waals surface area contributed by atoms with E-state index in [0.717, 1.165) is 0 Å². The number of aromatic nitrogens is 2. The smallest absolute Gasteiger partial charge is 0.282 e. The molecule has 0 saturated carbocycles. The highest BCUT2D eigenvalue weighted by Crippen LogP contribution is 2.10. The van der Waals surface area contributed by atoms with Crippen molar-refractivity contribution in [2.45, 2.75) is 6.92 Å². The maximum atomic E-state index is 12.4. The van der Waals surface area contributed by atoms with Gasteiger partial charge in [0.05, 0.1) is 17.1 Å². The summed E-state index contributed by atoms with van der Waals surface area (Å²) in [5.74, 6) is 0.662. The van der Waals surface area contributed by atoms with Crippen LogP contribution in [-0.2, 0) is 0 Å². The Morgan fingerprint density at radius 2 is 2.00 bits per heavy atom. The van der Waals surface area contributed by atoms with Crippen molar-refractivity contribution in [2.24, 2.45) is 5.10 Å². The van der Waals surface area contributed by atoms with Gasteiger partial charge in [0, 0.05) is 0 Å². The van der Waals surface area contributed by atoms with Crippen molar-refractivity contribution < 1.29 is 5.11 Å². The molecule has 1 heterocycles. The molecular formula is C16H13N3O2. The highest BCUT2D eigenvalue weighted by atomic mass is 16.3. The van der Waals surface area contributed by atoms with Crippen LogP contribution in [0.1, 0.15) is 11.4 Å². The van der Waals surface area contributed by atoms with Crippen LogP contribution in [-0.4, -0.2) is 21.0 Å². The molecule has 1 aromatic heterocycles. The minimum absolute atomic E-state index is 0.152. The largest absolute Gasteiger partial charge is 0.508 e. The second kappa shape index (κ2) is 5.20. The lowest BCUT2D eigenvalue weighted by molar-refractivity contribution is 0.475. The van der Waals surface area contributed by atoms with Crippen molar-refractivity contribution in [1.29, 1.82) is 0 Å². The second-order valence-electron chi connectivity index (χ2n) is 4.63. The van der Waals surface area contributed by atoms with Crippen LogP contribution in [0, 0.1) is 6.92 Å². The van der Waals surface area contributed by atoms with Gasteiger partial charge in [0.15, 0.2) is 0 Å². The van der Waals surface area contributed by atoms with Gasteiger partial charge in [-0.05, 0) is 36.8 Å². The first-order valence-electron chi connectivity index (χ1n) is 6.47. The fraction of sp³-hybridized carbons (Fsp3) is 0.0625. The molecule has 0 saturated heterocycles. The van der Waals surface area contributed by atoms with Gasteiger partial charge in [-0.15, -0.1) is 0 Å². The first kappa shape index (κ1) is 13.1. The van der Waals surface area contributed by atoms with E-state index in [1.54, 1.807) is 49.4 Å². The fourth-order valence-corrected chi connectivity index (χ4v) is 2.10. The molecule has 0 unspecified atom stereocenters. The van der Waals surface area contributed by atoms with E-state index in [1.165, 1.54) is 10.9 Å². The van der Waals surface area contributed by atoms with Gasteiger partial charge < -0.3 is 5.11 Å². The molecule has 5 nitrogen and oxygen atoms in total. The first-order chi connectivity index (χ1) is 10.1. The number of hydrogen-bond acceptors (Lipinski definition) is 4. The molecule has 0 fully saturated rings. The molecule has 0 spiro atoms. The van der Waals surface area contributed by atoms with Gasteiger partial charge in [-0.25, -0.2) is 4.98 Å². The van der Waals surface area contributed by atoms with Crippen LogP contribution in [0.2, 0.25) is 0 Å². The SMILES string of the molecule is Cc1nc2ccccc2c(=O)n1N=Cc1cccc(O)c1. The molecule has 3 aromatic rings. The Hall–Kier alpha value is -2.95. The molecule has 104 valence electrons. The van der Waals surface area contributed by atoms with Crippen LogP contribution in [0.5, 0.6) is 5.75 Å². The predicted octanol–water partition coefficient (Wildman–Crippen LogP) is 2.29. The third kappa shape index (κ3) is 2.53. The van der Waals surface area contributed by atoms with Crippen molar-refractivity contribution in [2.75, 3.05) is 0 Å². The van der Waals surface area contributed by atoms with Crippen LogP contribution >= 0.6 is 0 Å². The Labute approximate surface area is 120 Å². The first-order valence-corrected chi connectivity index (χ1v) is 6.47. The van der Waals surface area contributed by atoms with E-state index >= 15 is 0 Å². The third-order valence-electron chi connectivity index (χ3n) is 3.11. The lowest BCUT2D eigenvalue weighted by atomic mass is 10.2. The number of para-hydroxylation sites is 1. The number of aromatic hydroxyl groups is 1. The maximum Gasteiger partial charge on any atom is 0.282 e. The Morgan fingerprint density at radius 1 is 1.19 bits per heavy atom. The van der Waals surface area contributed by atoms with Crippen LogP contribution in [0.3, 0.4) is 0 Å². The lowest BCUT2D eigenvalue weighted by Gasteiger charge is -2.05. The van der Waals surface area contributed by atoms with Crippen molar-refractivity contribution in [3.8, 4) is 5.75 Å². The Morgan fingerprint density at radius 3 is 2.81 bits per heavy atom. The van der Waals surface area contributed by atoms with E-state index < -0.39 is 0 Å². The topological polar surface area (TPSA) is 67.5 Å². The molecule has 0 aliphatic carbocycles. The minimum Gasteiger partial charge on any atom is -0.508 e. The van der Waals surface area contributed by atoms with E-state index in [-0.39, 0.29) is 11.3 Å². The molecule has 0 radical (unpaired) electrons. The number of aryl methyl sites for hydroxylation is 1. The maximum absolute atomic E-state index is 12.4.